The number of carboxylic acids is 1. The van der Waals surface area contributed by atoms with Crippen LogP contribution in [-0.2, 0) is 10.2 Å². The molecule has 7 nitrogen and oxygen atoms in total. The standard InChI is InChI=1S/C9H12N2O5S/c1-2-10-17(15,16)11-7-5-3-4-6(8(7)12)9(13)14/h3-5,10-12H,2H2,1H3,(H,13,14). The molecule has 0 unspecified atom stereocenters. The molecule has 0 atom stereocenters. The van der Waals surface area contributed by atoms with Crippen LogP contribution in [0.1, 0.15) is 17.3 Å². The lowest BCUT2D eigenvalue weighted by Crippen LogP contribution is -2.29. The number of hydrogen-bond acceptors (Lipinski definition) is 4. The number of anilines is 1. The van der Waals surface area contributed by atoms with Gasteiger partial charge in [0.15, 0.2) is 5.75 Å². The van der Waals surface area contributed by atoms with Crippen LogP contribution in [0.3, 0.4) is 0 Å². The smallest absolute Gasteiger partial charge is 0.339 e. The maximum Gasteiger partial charge on any atom is 0.339 e. The van der Waals surface area contributed by atoms with Gasteiger partial charge in [0.05, 0.1) is 5.69 Å². The lowest BCUT2D eigenvalue weighted by molar-refractivity contribution is 0.0694. The SMILES string of the molecule is CCNS(=O)(=O)Nc1cccc(C(=O)O)c1O. The Hall–Kier alpha value is -1.80. The largest absolute Gasteiger partial charge is 0.505 e. The summed E-state index contributed by atoms with van der Waals surface area (Å²) in [6, 6.07) is 3.76. The summed E-state index contributed by atoms with van der Waals surface area (Å²) in [6.07, 6.45) is 0. The van der Waals surface area contributed by atoms with Crippen LogP contribution in [0.15, 0.2) is 18.2 Å². The van der Waals surface area contributed by atoms with Crippen LogP contribution in [0.2, 0.25) is 0 Å². The molecule has 0 radical (unpaired) electrons. The predicted molar refractivity (Wildman–Crippen MR) is 61.3 cm³/mol. The Labute approximate surface area is 98.3 Å². The number of aromatic hydroxyl groups is 1. The minimum Gasteiger partial charge on any atom is -0.505 e. The van der Waals surface area contributed by atoms with Gasteiger partial charge in [-0.3, -0.25) is 4.72 Å². The lowest BCUT2D eigenvalue weighted by Gasteiger charge is -2.10. The molecule has 4 N–H and O–H groups in total. The van der Waals surface area contributed by atoms with Crippen molar-refractivity contribution >= 4 is 21.9 Å². The van der Waals surface area contributed by atoms with Gasteiger partial charge in [-0.05, 0) is 12.1 Å². The number of nitrogens with one attached hydrogen (secondary N) is 2. The van der Waals surface area contributed by atoms with Gasteiger partial charge in [0.1, 0.15) is 5.56 Å². The zero-order valence-corrected chi connectivity index (χ0v) is 9.78. The third kappa shape index (κ3) is 3.33. The zero-order chi connectivity index (χ0) is 13.1. The highest BCUT2D eigenvalue weighted by molar-refractivity contribution is 7.90. The Kier molecular flexibility index (Phi) is 3.92. The Morgan fingerprint density at radius 2 is 2.06 bits per heavy atom. The first-order valence-corrected chi connectivity index (χ1v) is 6.18. The van der Waals surface area contributed by atoms with Crippen molar-refractivity contribution in [2.45, 2.75) is 6.92 Å². The predicted octanol–water partition coefficient (Wildman–Crippen LogP) is 0.357. The van der Waals surface area contributed by atoms with Crippen molar-refractivity contribution < 1.29 is 23.4 Å². The van der Waals surface area contributed by atoms with E-state index in [1.807, 2.05) is 4.72 Å². The zero-order valence-electron chi connectivity index (χ0n) is 8.97. The molecule has 0 fully saturated rings. The molecule has 0 saturated heterocycles. The molecule has 1 aromatic carbocycles. The molecule has 94 valence electrons. The molecule has 0 aliphatic rings. The van der Waals surface area contributed by atoms with Gasteiger partial charge >= 0.3 is 5.97 Å². The summed E-state index contributed by atoms with van der Waals surface area (Å²) < 4.78 is 26.9. The monoisotopic (exact) mass is 260 g/mol. The Morgan fingerprint density at radius 3 is 2.59 bits per heavy atom. The van der Waals surface area contributed by atoms with E-state index in [0.29, 0.717) is 0 Å². The average Bonchev–Trinajstić information content (AvgIpc) is 2.20. The van der Waals surface area contributed by atoms with Crippen molar-refractivity contribution in [3.8, 4) is 5.75 Å². The van der Waals surface area contributed by atoms with Gasteiger partial charge in [0.25, 0.3) is 10.2 Å². The highest BCUT2D eigenvalue weighted by Crippen LogP contribution is 2.27. The Bertz CT molecular complexity index is 526. The van der Waals surface area contributed by atoms with E-state index in [4.69, 9.17) is 5.11 Å². The number of carbonyl (C=O) groups is 1. The molecule has 0 aromatic heterocycles. The quantitative estimate of drug-likeness (QED) is 0.570. The van der Waals surface area contributed by atoms with E-state index < -0.39 is 21.9 Å². The Balaban J connectivity index is 3.09. The second-order valence-electron chi connectivity index (χ2n) is 3.11. The summed E-state index contributed by atoms with van der Waals surface area (Å²) in [5.74, 6) is -1.96. The first-order chi connectivity index (χ1) is 7.87. The average molecular weight is 260 g/mol. The molecule has 0 amide bonds. The van der Waals surface area contributed by atoms with Crippen molar-refractivity contribution in [2.75, 3.05) is 11.3 Å². The number of carboxylic acid groups (broad SMARTS) is 1. The summed E-state index contributed by atoms with van der Waals surface area (Å²) in [5.41, 5.74) is -0.562. The van der Waals surface area contributed by atoms with Gasteiger partial charge in [0, 0.05) is 6.54 Å². The van der Waals surface area contributed by atoms with Gasteiger partial charge in [-0.2, -0.15) is 13.1 Å². The number of phenols is 1. The number of aromatic carboxylic acids is 1. The topological polar surface area (TPSA) is 116 Å². The molecule has 8 heteroatoms. The molecular weight excluding hydrogens is 248 g/mol. The fraction of sp³-hybridized carbons (Fsp3) is 0.222. The van der Waals surface area contributed by atoms with Gasteiger partial charge in [0.2, 0.25) is 0 Å². The molecule has 0 saturated carbocycles. The van der Waals surface area contributed by atoms with E-state index in [1.165, 1.54) is 18.2 Å². The highest BCUT2D eigenvalue weighted by Gasteiger charge is 2.16. The van der Waals surface area contributed by atoms with Crippen LogP contribution in [-0.4, -0.2) is 31.1 Å². The van der Waals surface area contributed by atoms with E-state index >= 15 is 0 Å². The van der Waals surface area contributed by atoms with E-state index in [1.54, 1.807) is 6.92 Å². The number of hydrogen-bond donors (Lipinski definition) is 4. The summed E-state index contributed by atoms with van der Waals surface area (Å²) in [7, 11) is -3.80. The van der Waals surface area contributed by atoms with Crippen molar-refractivity contribution in [2.24, 2.45) is 0 Å². The van der Waals surface area contributed by atoms with E-state index in [-0.39, 0.29) is 17.8 Å². The van der Waals surface area contributed by atoms with Gasteiger partial charge < -0.3 is 10.2 Å². The summed E-state index contributed by atoms with van der Waals surface area (Å²) in [4.78, 5) is 10.7. The van der Waals surface area contributed by atoms with Gasteiger partial charge in [-0.25, -0.2) is 4.79 Å². The van der Waals surface area contributed by atoms with Gasteiger partial charge in [-0.15, -0.1) is 0 Å². The summed E-state index contributed by atoms with van der Waals surface area (Å²) >= 11 is 0. The molecule has 0 aliphatic carbocycles. The summed E-state index contributed by atoms with van der Waals surface area (Å²) in [6.45, 7) is 1.77. The third-order valence-electron chi connectivity index (χ3n) is 1.85. The second kappa shape index (κ2) is 5.02. The second-order valence-corrected chi connectivity index (χ2v) is 4.61. The molecular formula is C9H12N2O5S. The van der Waals surface area contributed by atoms with Crippen LogP contribution in [0.5, 0.6) is 5.75 Å². The Morgan fingerprint density at radius 1 is 1.41 bits per heavy atom. The normalized spacial score (nSPS) is 11.1. The van der Waals surface area contributed by atoms with Crippen molar-refractivity contribution in [3.05, 3.63) is 23.8 Å². The molecule has 0 aliphatic heterocycles. The number of para-hydroxylation sites is 1. The van der Waals surface area contributed by atoms with Crippen LogP contribution in [0, 0.1) is 0 Å². The fourth-order valence-corrected chi connectivity index (χ4v) is 2.08. The van der Waals surface area contributed by atoms with E-state index in [9.17, 15) is 18.3 Å². The first-order valence-electron chi connectivity index (χ1n) is 4.70. The van der Waals surface area contributed by atoms with Crippen LogP contribution < -0.4 is 9.44 Å². The first kappa shape index (κ1) is 13.3. The lowest BCUT2D eigenvalue weighted by atomic mass is 10.2. The number of benzene rings is 1. The van der Waals surface area contributed by atoms with Crippen molar-refractivity contribution in [1.29, 1.82) is 0 Å². The number of rotatable bonds is 5. The van der Waals surface area contributed by atoms with Crippen LogP contribution in [0.4, 0.5) is 5.69 Å². The maximum absolute atomic E-state index is 11.4. The molecule has 0 heterocycles. The minimum absolute atomic E-state index is 0.175. The summed E-state index contributed by atoms with van der Waals surface area (Å²) in [5, 5.41) is 18.3. The molecule has 17 heavy (non-hydrogen) atoms. The minimum atomic E-state index is -3.80. The highest BCUT2D eigenvalue weighted by atomic mass is 32.2. The maximum atomic E-state index is 11.4. The van der Waals surface area contributed by atoms with Crippen LogP contribution >= 0.6 is 0 Å². The van der Waals surface area contributed by atoms with Crippen molar-refractivity contribution in [3.63, 3.8) is 0 Å². The molecule has 0 spiro atoms. The van der Waals surface area contributed by atoms with E-state index in [0.717, 1.165) is 0 Å². The van der Waals surface area contributed by atoms with Crippen LogP contribution in [0.25, 0.3) is 0 Å². The molecule has 0 bridgehead atoms. The van der Waals surface area contributed by atoms with E-state index in [2.05, 4.69) is 4.72 Å². The molecule has 1 rings (SSSR count). The fourth-order valence-electron chi connectivity index (χ4n) is 1.17. The van der Waals surface area contributed by atoms with Gasteiger partial charge in [-0.1, -0.05) is 13.0 Å². The molecule has 1 aromatic rings. The third-order valence-corrected chi connectivity index (χ3v) is 3.00. The van der Waals surface area contributed by atoms with Crippen molar-refractivity contribution in [1.82, 2.24) is 4.72 Å².